The maximum Gasteiger partial charge on any atom is 0.163 e. The number of ketones is 1. The van der Waals surface area contributed by atoms with Gasteiger partial charge >= 0.3 is 0 Å². The largest absolute Gasteiger partial charge is 0.317 e. The van der Waals surface area contributed by atoms with Crippen molar-refractivity contribution >= 4 is 18.2 Å². The molecular formula is C14H20ClNO. The lowest BCUT2D eigenvalue weighted by atomic mass is 9.90. The second kappa shape index (κ2) is 6.77. The van der Waals surface area contributed by atoms with Crippen molar-refractivity contribution in [1.82, 2.24) is 5.32 Å². The number of carbonyl (C=O) groups excluding carboxylic acids is 1. The van der Waals surface area contributed by atoms with Crippen LogP contribution in [-0.2, 0) is 0 Å². The zero-order valence-electron chi connectivity index (χ0n) is 10.2. The number of rotatable bonds is 3. The number of carbonyl (C=O) groups is 1. The molecule has 0 bridgehead atoms. The first-order chi connectivity index (χ1) is 7.75. The minimum Gasteiger partial charge on any atom is -0.317 e. The SMILES string of the molecule is Cc1ccc(C(=O)CC2CCNCC2)cc1.Cl. The fourth-order valence-electron chi connectivity index (χ4n) is 2.21. The number of aryl methyl sites for hydroxylation is 1. The number of halogens is 1. The van der Waals surface area contributed by atoms with Gasteiger partial charge in [-0.2, -0.15) is 0 Å². The highest BCUT2D eigenvalue weighted by molar-refractivity contribution is 5.96. The number of piperidine rings is 1. The molecule has 1 aromatic carbocycles. The molecule has 17 heavy (non-hydrogen) atoms. The van der Waals surface area contributed by atoms with Crippen molar-refractivity contribution < 1.29 is 4.79 Å². The van der Waals surface area contributed by atoms with Crippen molar-refractivity contribution in [2.24, 2.45) is 5.92 Å². The third kappa shape index (κ3) is 4.14. The van der Waals surface area contributed by atoms with E-state index in [1.165, 1.54) is 5.56 Å². The molecule has 0 aliphatic carbocycles. The Morgan fingerprint density at radius 3 is 2.41 bits per heavy atom. The molecule has 0 saturated carbocycles. The average molecular weight is 254 g/mol. The summed E-state index contributed by atoms with van der Waals surface area (Å²) < 4.78 is 0. The third-order valence-corrected chi connectivity index (χ3v) is 3.31. The fourth-order valence-corrected chi connectivity index (χ4v) is 2.21. The van der Waals surface area contributed by atoms with E-state index in [4.69, 9.17) is 0 Å². The van der Waals surface area contributed by atoms with Gasteiger partial charge in [0.1, 0.15) is 0 Å². The standard InChI is InChI=1S/C14H19NO.ClH/c1-11-2-4-13(5-3-11)14(16)10-12-6-8-15-9-7-12;/h2-5,12,15H,6-10H2,1H3;1H. The molecule has 2 rings (SSSR count). The summed E-state index contributed by atoms with van der Waals surface area (Å²) >= 11 is 0. The van der Waals surface area contributed by atoms with E-state index in [2.05, 4.69) is 5.32 Å². The first-order valence-corrected chi connectivity index (χ1v) is 6.06. The molecule has 1 fully saturated rings. The molecule has 0 amide bonds. The van der Waals surface area contributed by atoms with Crippen molar-refractivity contribution in [2.75, 3.05) is 13.1 Å². The second-order valence-electron chi connectivity index (χ2n) is 4.69. The molecule has 1 heterocycles. The molecule has 0 unspecified atom stereocenters. The number of benzene rings is 1. The second-order valence-corrected chi connectivity index (χ2v) is 4.69. The van der Waals surface area contributed by atoms with Crippen LogP contribution in [0.15, 0.2) is 24.3 Å². The van der Waals surface area contributed by atoms with E-state index in [-0.39, 0.29) is 12.4 Å². The molecule has 1 saturated heterocycles. The van der Waals surface area contributed by atoms with Crippen molar-refractivity contribution in [2.45, 2.75) is 26.2 Å². The van der Waals surface area contributed by atoms with E-state index in [1.807, 2.05) is 31.2 Å². The predicted octanol–water partition coefficient (Wildman–Crippen LogP) is 2.99. The number of Topliss-reactive ketones (excluding diaryl/α,β-unsaturated/α-hetero) is 1. The normalized spacial score (nSPS) is 16.3. The van der Waals surface area contributed by atoms with Gasteiger partial charge in [0.2, 0.25) is 0 Å². The number of hydrogen-bond donors (Lipinski definition) is 1. The van der Waals surface area contributed by atoms with Crippen LogP contribution in [0.4, 0.5) is 0 Å². The fraction of sp³-hybridized carbons (Fsp3) is 0.500. The van der Waals surface area contributed by atoms with Gasteiger partial charge in [-0.3, -0.25) is 4.79 Å². The number of hydrogen-bond acceptors (Lipinski definition) is 2. The lowest BCUT2D eigenvalue weighted by Crippen LogP contribution is -2.28. The molecule has 1 aliphatic heterocycles. The first-order valence-electron chi connectivity index (χ1n) is 6.06. The van der Waals surface area contributed by atoms with Crippen LogP contribution in [0.1, 0.15) is 35.2 Å². The molecule has 1 aliphatic rings. The Balaban J connectivity index is 0.00000144. The highest BCUT2D eigenvalue weighted by Crippen LogP contribution is 2.18. The Bertz CT molecular complexity index is 355. The maximum atomic E-state index is 12.0. The van der Waals surface area contributed by atoms with Gasteiger partial charge in [0.05, 0.1) is 0 Å². The summed E-state index contributed by atoms with van der Waals surface area (Å²) in [5.41, 5.74) is 2.07. The molecule has 1 aromatic rings. The molecule has 94 valence electrons. The van der Waals surface area contributed by atoms with Gasteiger partial charge in [-0.05, 0) is 38.8 Å². The third-order valence-electron chi connectivity index (χ3n) is 3.31. The topological polar surface area (TPSA) is 29.1 Å². The van der Waals surface area contributed by atoms with Crippen LogP contribution < -0.4 is 5.32 Å². The van der Waals surface area contributed by atoms with Gasteiger partial charge in [-0.1, -0.05) is 29.8 Å². The van der Waals surface area contributed by atoms with Crippen molar-refractivity contribution in [3.8, 4) is 0 Å². The summed E-state index contributed by atoms with van der Waals surface area (Å²) in [6.07, 6.45) is 2.99. The molecule has 3 heteroatoms. The summed E-state index contributed by atoms with van der Waals surface area (Å²) in [7, 11) is 0. The summed E-state index contributed by atoms with van der Waals surface area (Å²) in [6.45, 7) is 4.17. The number of nitrogens with one attached hydrogen (secondary N) is 1. The Kier molecular flexibility index (Phi) is 5.66. The molecule has 1 N–H and O–H groups in total. The molecule has 0 spiro atoms. The maximum absolute atomic E-state index is 12.0. The summed E-state index contributed by atoms with van der Waals surface area (Å²) in [4.78, 5) is 12.0. The highest BCUT2D eigenvalue weighted by Gasteiger charge is 2.17. The minimum absolute atomic E-state index is 0. The van der Waals surface area contributed by atoms with Crippen molar-refractivity contribution in [3.63, 3.8) is 0 Å². The Hall–Kier alpha value is -0.860. The van der Waals surface area contributed by atoms with Crippen LogP contribution in [0.25, 0.3) is 0 Å². The monoisotopic (exact) mass is 253 g/mol. The van der Waals surface area contributed by atoms with Crippen LogP contribution in [0.3, 0.4) is 0 Å². The van der Waals surface area contributed by atoms with Gasteiger partial charge in [0, 0.05) is 12.0 Å². The zero-order chi connectivity index (χ0) is 11.4. The summed E-state index contributed by atoms with van der Waals surface area (Å²) in [5.74, 6) is 0.877. The van der Waals surface area contributed by atoms with Crippen LogP contribution in [-0.4, -0.2) is 18.9 Å². The van der Waals surface area contributed by atoms with E-state index in [9.17, 15) is 4.79 Å². The van der Waals surface area contributed by atoms with Gasteiger partial charge in [-0.15, -0.1) is 12.4 Å². The summed E-state index contributed by atoms with van der Waals surface area (Å²) in [6, 6.07) is 7.91. The average Bonchev–Trinajstić information content (AvgIpc) is 2.31. The van der Waals surface area contributed by atoms with Crippen molar-refractivity contribution in [1.29, 1.82) is 0 Å². The van der Waals surface area contributed by atoms with Gasteiger partial charge in [0.25, 0.3) is 0 Å². The quantitative estimate of drug-likeness (QED) is 0.840. The predicted molar refractivity (Wildman–Crippen MR) is 73.0 cm³/mol. The zero-order valence-corrected chi connectivity index (χ0v) is 11.1. The van der Waals surface area contributed by atoms with E-state index in [0.717, 1.165) is 31.5 Å². The van der Waals surface area contributed by atoms with Crippen LogP contribution >= 0.6 is 12.4 Å². The Morgan fingerprint density at radius 1 is 1.24 bits per heavy atom. The Morgan fingerprint density at radius 2 is 1.82 bits per heavy atom. The molecule has 0 aromatic heterocycles. The van der Waals surface area contributed by atoms with Crippen LogP contribution in [0.5, 0.6) is 0 Å². The van der Waals surface area contributed by atoms with Crippen LogP contribution in [0, 0.1) is 12.8 Å². The van der Waals surface area contributed by atoms with Crippen molar-refractivity contribution in [3.05, 3.63) is 35.4 Å². The smallest absolute Gasteiger partial charge is 0.163 e. The molecular weight excluding hydrogens is 234 g/mol. The first kappa shape index (κ1) is 14.2. The van der Waals surface area contributed by atoms with E-state index < -0.39 is 0 Å². The van der Waals surface area contributed by atoms with E-state index in [1.54, 1.807) is 0 Å². The molecule has 0 atom stereocenters. The Labute approximate surface area is 109 Å². The lowest BCUT2D eigenvalue weighted by Gasteiger charge is -2.21. The molecule has 0 radical (unpaired) electrons. The van der Waals surface area contributed by atoms with Crippen LogP contribution in [0.2, 0.25) is 0 Å². The van der Waals surface area contributed by atoms with Gasteiger partial charge in [0.15, 0.2) is 5.78 Å². The minimum atomic E-state index is 0. The summed E-state index contributed by atoms with van der Waals surface area (Å²) in [5, 5.41) is 3.32. The van der Waals surface area contributed by atoms with Gasteiger partial charge in [-0.25, -0.2) is 0 Å². The van der Waals surface area contributed by atoms with Gasteiger partial charge < -0.3 is 5.32 Å². The van der Waals surface area contributed by atoms with E-state index >= 15 is 0 Å². The highest BCUT2D eigenvalue weighted by atomic mass is 35.5. The van der Waals surface area contributed by atoms with E-state index in [0.29, 0.717) is 18.1 Å². The molecule has 2 nitrogen and oxygen atoms in total. The lowest BCUT2D eigenvalue weighted by molar-refractivity contribution is 0.0952.